The zero-order valence-electron chi connectivity index (χ0n) is 12.7. The Morgan fingerprint density at radius 1 is 1.21 bits per heavy atom. The van der Waals surface area contributed by atoms with Gasteiger partial charge in [0.25, 0.3) is 11.6 Å². The van der Waals surface area contributed by atoms with Gasteiger partial charge in [-0.05, 0) is 24.3 Å². The highest BCUT2D eigenvalue weighted by molar-refractivity contribution is 5.93. The van der Waals surface area contributed by atoms with Crippen LogP contribution in [0.5, 0.6) is 5.75 Å². The van der Waals surface area contributed by atoms with Crippen LogP contribution in [0.25, 0.3) is 0 Å². The number of ether oxygens (including phenoxy) is 2. The van der Waals surface area contributed by atoms with Gasteiger partial charge in [-0.3, -0.25) is 19.7 Å². The van der Waals surface area contributed by atoms with E-state index in [0.29, 0.717) is 11.5 Å². The number of carbonyl (C=O) groups is 2. The van der Waals surface area contributed by atoms with Gasteiger partial charge in [0.2, 0.25) is 0 Å². The van der Waals surface area contributed by atoms with Crippen molar-refractivity contribution in [3.05, 3.63) is 58.0 Å². The third-order valence-electron chi connectivity index (χ3n) is 2.94. The maximum absolute atomic E-state index is 11.7. The molecule has 0 bridgehead atoms. The highest BCUT2D eigenvalue weighted by Gasteiger charge is 2.13. The summed E-state index contributed by atoms with van der Waals surface area (Å²) in [6, 6.07) is 8.57. The Bertz CT molecular complexity index is 737. The molecule has 9 heteroatoms. The molecule has 1 amide bonds. The number of benzene rings is 1. The second kappa shape index (κ2) is 7.77. The van der Waals surface area contributed by atoms with E-state index in [1.165, 1.54) is 37.4 Å². The molecule has 0 aliphatic carbocycles. The van der Waals surface area contributed by atoms with Gasteiger partial charge in [0, 0.05) is 12.1 Å². The first-order valence-corrected chi connectivity index (χ1v) is 6.80. The number of non-ortho nitro benzene ring substituents is 1. The van der Waals surface area contributed by atoms with E-state index in [4.69, 9.17) is 9.15 Å². The summed E-state index contributed by atoms with van der Waals surface area (Å²) in [6.07, 6.45) is 0. The molecule has 0 saturated carbocycles. The van der Waals surface area contributed by atoms with Crippen LogP contribution in [-0.2, 0) is 16.1 Å². The lowest BCUT2D eigenvalue weighted by Gasteiger charge is -2.04. The molecule has 9 nitrogen and oxygen atoms in total. The Kier molecular flexibility index (Phi) is 5.50. The molecule has 0 unspecified atom stereocenters. The Balaban J connectivity index is 1.88. The van der Waals surface area contributed by atoms with Gasteiger partial charge in [0.05, 0.1) is 12.0 Å². The summed E-state index contributed by atoms with van der Waals surface area (Å²) in [7, 11) is 1.22. The Morgan fingerprint density at radius 2 is 1.92 bits per heavy atom. The van der Waals surface area contributed by atoms with Gasteiger partial charge < -0.3 is 19.2 Å². The van der Waals surface area contributed by atoms with E-state index >= 15 is 0 Å². The minimum absolute atomic E-state index is 0.0289. The second-order valence-electron chi connectivity index (χ2n) is 4.56. The molecule has 2 aromatic rings. The molecule has 0 aliphatic rings. The molecule has 1 N–H and O–H groups in total. The molecular formula is C15H14N2O7. The van der Waals surface area contributed by atoms with Crippen molar-refractivity contribution in [2.24, 2.45) is 0 Å². The van der Waals surface area contributed by atoms with Crippen molar-refractivity contribution in [2.75, 3.05) is 13.7 Å². The molecule has 2 rings (SSSR count). The summed E-state index contributed by atoms with van der Waals surface area (Å²) in [4.78, 5) is 32.7. The average molecular weight is 334 g/mol. The summed E-state index contributed by atoms with van der Waals surface area (Å²) >= 11 is 0. The number of nitro groups is 1. The van der Waals surface area contributed by atoms with E-state index in [2.05, 4.69) is 10.1 Å². The van der Waals surface area contributed by atoms with Crippen LogP contribution >= 0.6 is 0 Å². The van der Waals surface area contributed by atoms with Crippen LogP contribution in [0, 0.1) is 10.1 Å². The van der Waals surface area contributed by atoms with Crippen LogP contribution in [0.15, 0.2) is 40.8 Å². The monoisotopic (exact) mass is 334 g/mol. The Labute approximate surface area is 136 Å². The number of nitro benzene ring substituents is 1. The second-order valence-corrected chi connectivity index (χ2v) is 4.56. The molecule has 24 heavy (non-hydrogen) atoms. The molecule has 0 saturated heterocycles. The van der Waals surface area contributed by atoms with Crippen molar-refractivity contribution in [2.45, 2.75) is 6.61 Å². The predicted octanol–water partition coefficient (Wildman–Crippen LogP) is 1.67. The lowest BCUT2D eigenvalue weighted by atomic mass is 10.3. The van der Waals surface area contributed by atoms with Gasteiger partial charge in [-0.25, -0.2) is 0 Å². The van der Waals surface area contributed by atoms with Crippen LogP contribution in [0.4, 0.5) is 5.69 Å². The molecule has 0 radical (unpaired) electrons. The number of nitrogens with zero attached hydrogens (tertiary/aromatic N) is 1. The normalized spacial score (nSPS) is 10.0. The van der Waals surface area contributed by atoms with Gasteiger partial charge in [-0.15, -0.1) is 0 Å². The Hall–Kier alpha value is -3.36. The van der Waals surface area contributed by atoms with Crippen molar-refractivity contribution < 1.29 is 28.4 Å². The third-order valence-corrected chi connectivity index (χ3v) is 2.94. The lowest BCUT2D eigenvalue weighted by molar-refractivity contribution is -0.384. The van der Waals surface area contributed by atoms with Gasteiger partial charge in [0.15, 0.2) is 5.76 Å². The molecule has 126 valence electrons. The van der Waals surface area contributed by atoms with Crippen molar-refractivity contribution in [1.29, 1.82) is 0 Å². The van der Waals surface area contributed by atoms with Crippen LogP contribution in [0.1, 0.15) is 16.3 Å². The van der Waals surface area contributed by atoms with Gasteiger partial charge in [-0.1, -0.05) is 0 Å². The summed E-state index contributed by atoms with van der Waals surface area (Å²) in [6.45, 7) is -0.216. The first-order valence-electron chi connectivity index (χ1n) is 6.80. The van der Waals surface area contributed by atoms with Crippen molar-refractivity contribution in [1.82, 2.24) is 5.32 Å². The summed E-state index contributed by atoms with van der Waals surface area (Å²) in [5.74, 6) is -0.287. The molecule has 0 aliphatic heterocycles. The number of furan rings is 1. The fourth-order valence-corrected chi connectivity index (χ4v) is 1.71. The molecular weight excluding hydrogens is 320 g/mol. The molecule has 0 atom stereocenters. The van der Waals surface area contributed by atoms with Gasteiger partial charge in [-0.2, -0.15) is 0 Å². The number of hydrogen-bond acceptors (Lipinski definition) is 7. The maximum atomic E-state index is 11.7. The molecule has 0 spiro atoms. The maximum Gasteiger partial charge on any atom is 0.325 e. The highest BCUT2D eigenvalue weighted by atomic mass is 16.6. The minimum Gasteiger partial charge on any atom is -0.486 e. The van der Waals surface area contributed by atoms with E-state index < -0.39 is 16.8 Å². The lowest BCUT2D eigenvalue weighted by Crippen LogP contribution is -2.29. The Morgan fingerprint density at radius 3 is 2.54 bits per heavy atom. The molecule has 1 aromatic heterocycles. The average Bonchev–Trinajstić information content (AvgIpc) is 3.07. The third kappa shape index (κ3) is 4.57. The molecule has 0 fully saturated rings. The van der Waals surface area contributed by atoms with Crippen molar-refractivity contribution in [3.63, 3.8) is 0 Å². The number of carbonyl (C=O) groups excluding carboxylic acids is 2. The van der Waals surface area contributed by atoms with Crippen LogP contribution < -0.4 is 10.1 Å². The number of rotatable bonds is 7. The highest BCUT2D eigenvalue weighted by Crippen LogP contribution is 2.19. The van der Waals surface area contributed by atoms with Crippen LogP contribution in [0.3, 0.4) is 0 Å². The van der Waals surface area contributed by atoms with E-state index in [9.17, 15) is 19.7 Å². The quantitative estimate of drug-likeness (QED) is 0.464. The number of nitrogens with one attached hydrogen (secondary N) is 1. The topological polar surface area (TPSA) is 121 Å². The van der Waals surface area contributed by atoms with E-state index in [0.717, 1.165) is 0 Å². The number of methoxy groups -OCH3 is 1. The molecule has 1 aromatic carbocycles. The van der Waals surface area contributed by atoms with Crippen LogP contribution in [-0.4, -0.2) is 30.5 Å². The van der Waals surface area contributed by atoms with Gasteiger partial charge in [0.1, 0.15) is 24.7 Å². The van der Waals surface area contributed by atoms with E-state index in [1.807, 2.05) is 0 Å². The smallest absolute Gasteiger partial charge is 0.325 e. The summed E-state index contributed by atoms with van der Waals surface area (Å²) in [5.41, 5.74) is -0.0371. The first-order chi connectivity index (χ1) is 11.5. The standard InChI is InChI=1S/C15H14N2O7/c1-22-14(18)8-16-15(19)13-7-6-12(24-13)9-23-11-4-2-10(3-5-11)17(20)21/h2-7H,8-9H2,1H3,(H,16,19). The summed E-state index contributed by atoms with van der Waals surface area (Å²) < 4.78 is 15.1. The number of esters is 1. The van der Waals surface area contributed by atoms with Crippen molar-refractivity contribution >= 4 is 17.6 Å². The number of hydrogen-bond donors (Lipinski definition) is 1. The first kappa shape index (κ1) is 17.0. The van der Waals surface area contributed by atoms with E-state index in [-0.39, 0.29) is 24.6 Å². The molecule has 1 heterocycles. The number of amides is 1. The fourth-order valence-electron chi connectivity index (χ4n) is 1.71. The largest absolute Gasteiger partial charge is 0.486 e. The SMILES string of the molecule is COC(=O)CNC(=O)c1ccc(COc2ccc([N+](=O)[O-])cc2)o1. The van der Waals surface area contributed by atoms with Gasteiger partial charge >= 0.3 is 5.97 Å². The zero-order valence-corrected chi connectivity index (χ0v) is 12.7. The van der Waals surface area contributed by atoms with Crippen LogP contribution in [0.2, 0.25) is 0 Å². The van der Waals surface area contributed by atoms with Crippen molar-refractivity contribution in [3.8, 4) is 5.75 Å². The minimum atomic E-state index is -0.573. The predicted molar refractivity (Wildman–Crippen MR) is 80.5 cm³/mol. The van der Waals surface area contributed by atoms with E-state index in [1.54, 1.807) is 6.07 Å². The summed E-state index contributed by atoms with van der Waals surface area (Å²) in [5, 5.41) is 12.9. The zero-order chi connectivity index (χ0) is 17.5. The fraction of sp³-hybridized carbons (Fsp3) is 0.200.